The summed E-state index contributed by atoms with van der Waals surface area (Å²) in [6, 6.07) is 6.53. The van der Waals surface area contributed by atoms with Crippen molar-refractivity contribution in [1.82, 2.24) is 20.0 Å². The van der Waals surface area contributed by atoms with E-state index in [0.29, 0.717) is 11.6 Å². The van der Waals surface area contributed by atoms with Crippen LogP contribution < -0.4 is 10.2 Å². The second-order valence-electron chi connectivity index (χ2n) is 9.44. The van der Waals surface area contributed by atoms with Crippen molar-refractivity contribution < 1.29 is 4.79 Å². The first-order valence-corrected chi connectivity index (χ1v) is 11.1. The molecular weight excluding hydrogens is 362 g/mol. The van der Waals surface area contributed by atoms with Gasteiger partial charge in [-0.1, -0.05) is 13.8 Å². The van der Waals surface area contributed by atoms with Crippen LogP contribution in [0.4, 0.5) is 5.69 Å². The number of rotatable bonds is 7. The number of aromatic nitrogens is 2. The fourth-order valence-electron chi connectivity index (χ4n) is 4.48. The second-order valence-corrected chi connectivity index (χ2v) is 9.44. The Kier molecular flexibility index (Phi) is 5.81. The number of benzene rings is 1. The first-order valence-electron chi connectivity index (χ1n) is 11.1. The van der Waals surface area contributed by atoms with E-state index in [1.165, 1.54) is 19.4 Å². The maximum absolute atomic E-state index is 13.0. The van der Waals surface area contributed by atoms with Gasteiger partial charge in [-0.3, -0.25) is 9.48 Å². The Morgan fingerprint density at radius 2 is 1.97 bits per heavy atom. The number of piperidine rings is 1. The van der Waals surface area contributed by atoms with E-state index >= 15 is 0 Å². The number of hydrogen-bond donors (Lipinski definition) is 1. The Morgan fingerprint density at radius 3 is 2.62 bits per heavy atom. The quantitative estimate of drug-likeness (QED) is 0.779. The second kappa shape index (κ2) is 8.34. The molecule has 0 unspecified atom stereocenters. The van der Waals surface area contributed by atoms with E-state index in [9.17, 15) is 4.79 Å². The van der Waals surface area contributed by atoms with Gasteiger partial charge in [0.15, 0.2) is 5.69 Å². The summed E-state index contributed by atoms with van der Waals surface area (Å²) in [5.74, 6) is 1.49. The van der Waals surface area contributed by atoms with Crippen molar-refractivity contribution in [3.63, 3.8) is 0 Å². The highest BCUT2D eigenvalue weighted by Crippen LogP contribution is 2.30. The Bertz CT molecular complexity index is 862. The van der Waals surface area contributed by atoms with Gasteiger partial charge >= 0.3 is 0 Å². The summed E-state index contributed by atoms with van der Waals surface area (Å²) >= 11 is 0. The molecule has 1 saturated heterocycles. The van der Waals surface area contributed by atoms with Crippen molar-refractivity contribution in [2.24, 2.45) is 18.9 Å². The first-order chi connectivity index (χ1) is 13.9. The molecule has 0 radical (unpaired) electrons. The van der Waals surface area contributed by atoms with Crippen LogP contribution >= 0.6 is 0 Å². The van der Waals surface area contributed by atoms with E-state index in [2.05, 4.69) is 53.2 Å². The number of amides is 1. The first kappa shape index (κ1) is 20.2. The van der Waals surface area contributed by atoms with E-state index < -0.39 is 0 Å². The lowest BCUT2D eigenvalue weighted by Gasteiger charge is -2.32. The predicted molar refractivity (Wildman–Crippen MR) is 118 cm³/mol. The van der Waals surface area contributed by atoms with Crippen LogP contribution in [0, 0.1) is 11.8 Å². The lowest BCUT2D eigenvalue weighted by molar-refractivity contribution is 0.0905. The zero-order valence-electron chi connectivity index (χ0n) is 18.3. The van der Waals surface area contributed by atoms with Gasteiger partial charge in [0.05, 0.1) is 5.52 Å². The summed E-state index contributed by atoms with van der Waals surface area (Å²) in [7, 11) is 4.03. The highest BCUT2D eigenvalue weighted by Gasteiger charge is 2.28. The topological polar surface area (TPSA) is 53.4 Å². The summed E-state index contributed by atoms with van der Waals surface area (Å²) in [5, 5.41) is 8.73. The molecule has 2 aromatic rings. The maximum atomic E-state index is 13.0. The zero-order chi connectivity index (χ0) is 20.5. The lowest BCUT2D eigenvalue weighted by Crippen LogP contribution is -2.45. The lowest BCUT2D eigenvalue weighted by atomic mass is 10.0. The van der Waals surface area contributed by atoms with Crippen LogP contribution in [0.1, 0.15) is 50.0 Å². The van der Waals surface area contributed by atoms with Crippen LogP contribution in [-0.2, 0) is 7.05 Å². The molecule has 2 fully saturated rings. The van der Waals surface area contributed by atoms with E-state index in [-0.39, 0.29) is 11.9 Å². The summed E-state index contributed by atoms with van der Waals surface area (Å²) in [6.45, 7) is 8.87. The number of hydrogen-bond acceptors (Lipinski definition) is 4. The molecule has 1 aromatic carbocycles. The van der Waals surface area contributed by atoms with Gasteiger partial charge in [-0.25, -0.2) is 0 Å². The Hall–Kier alpha value is -2.08. The monoisotopic (exact) mass is 397 g/mol. The molecule has 1 aromatic heterocycles. The molecule has 158 valence electrons. The average molecular weight is 398 g/mol. The van der Waals surface area contributed by atoms with Crippen molar-refractivity contribution in [2.45, 2.75) is 45.6 Å². The zero-order valence-corrected chi connectivity index (χ0v) is 18.3. The molecule has 6 heteroatoms. The minimum atomic E-state index is -0.0421. The van der Waals surface area contributed by atoms with Gasteiger partial charge in [-0.15, -0.1) is 0 Å². The molecule has 0 bridgehead atoms. The molecule has 6 nitrogen and oxygen atoms in total. The molecule has 0 spiro atoms. The number of carbonyl (C=O) groups excluding carboxylic acids is 1. The molecule has 1 aliphatic heterocycles. The molecule has 1 saturated carbocycles. The normalized spacial score (nSPS) is 18.5. The van der Waals surface area contributed by atoms with Crippen molar-refractivity contribution in [3.05, 3.63) is 23.9 Å². The molecule has 1 N–H and O–H groups in total. The van der Waals surface area contributed by atoms with Crippen molar-refractivity contribution >= 4 is 22.5 Å². The largest absolute Gasteiger partial charge is 0.374 e. The molecule has 0 atom stereocenters. The number of fused-ring (bicyclic) bond motifs is 1. The fourth-order valence-corrected chi connectivity index (χ4v) is 4.48. The Morgan fingerprint density at radius 1 is 1.24 bits per heavy atom. The minimum absolute atomic E-state index is 0.0421. The fraction of sp³-hybridized carbons (Fsp3) is 0.652. The highest BCUT2D eigenvalue weighted by atomic mass is 16.2. The highest BCUT2D eigenvalue weighted by molar-refractivity contribution is 6.05. The third-order valence-electron chi connectivity index (χ3n) is 6.27. The molecule has 2 heterocycles. The van der Waals surface area contributed by atoms with E-state index in [1.54, 1.807) is 0 Å². The van der Waals surface area contributed by atoms with Crippen LogP contribution in [0.25, 0.3) is 10.9 Å². The summed E-state index contributed by atoms with van der Waals surface area (Å²) in [5.41, 5.74) is 2.70. The van der Waals surface area contributed by atoms with Crippen LogP contribution in [-0.4, -0.2) is 59.9 Å². The van der Waals surface area contributed by atoms with Crippen molar-refractivity contribution in [2.75, 3.05) is 38.1 Å². The van der Waals surface area contributed by atoms with Crippen LogP contribution in [0.15, 0.2) is 18.2 Å². The van der Waals surface area contributed by atoms with Crippen molar-refractivity contribution in [3.8, 4) is 0 Å². The van der Waals surface area contributed by atoms with Gasteiger partial charge in [0.25, 0.3) is 5.91 Å². The van der Waals surface area contributed by atoms with Gasteiger partial charge in [0, 0.05) is 57.4 Å². The summed E-state index contributed by atoms with van der Waals surface area (Å²) in [6.07, 6.45) is 4.87. The number of nitrogens with zero attached hydrogens (tertiary/aromatic N) is 4. The van der Waals surface area contributed by atoms with Gasteiger partial charge in [-0.05, 0) is 55.7 Å². The molecular formula is C23H35N5O. The third kappa shape index (κ3) is 4.74. The third-order valence-corrected chi connectivity index (χ3v) is 6.27. The number of likely N-dealkylation sites (tertiary alicyclic amines) is 1. The van der Waals surface area contributed by atoms with Crippen molar-refractivity contribution in [1.29, 1.82) is 0 Å². The van der Waals surface area contributed by atoms with E-state index in [4.69, 9.17) is 0 Å². The van der Waals surface area contributed by atoms with E-state index in [0.717, 1.165) is 55.0 Å². The summed E-state index contributed by atoms with van der Waals surface area (Å²) < 4.78 is 1.83. The predicted octanol–water partition coefficient (Wildman–Crippen LogP) is 3.27. The molecule has 1 amide bonds. The molecule has 2 aliphatic rings. The van der Waals surface area contributed by atoms with Crippen LogP contribution in [0.2, 0.25) is 0 Å². The SMILES string of the molecule is CC(C)CN(C)c1ccc2c(C(=O)NC3CCN(CC4CC4)CC3)nn(C)c2c1. The number of aryl methyl sites for hydroxylation is 1. The Balaban J connectivity index is 1.42. The van der Waals surface area contributed by atoms with Gasteiger partial charge in [-0.2, -0.15) is 5.10 Å². The molecule has 4 rings (SSSR count). The standard InChI is InChI=1S/C23H35N5O/c1-16(2)14-26(3)19-7-8-20-21(13-19)27(4)25-22(20)23(29)24-18-9-11-28(12-10-18)15-17-5-6-17/h7-8,13,16-18H,5-6,9-12,14-15H2,1-4H3,(H,24,29). The number of nitrogens with one attached hydrogen (secondary N) is 1. The average Bonchev–Trinajstić information content (AvgIpc) is 3.44. The summed E-state index contributed by atoms with van der Waals surface area (Å²) in [4.78, 5) is 17.8. The van der Waals surface area contributed by atoms with E-state index in [1.807, 2.05) is 17.8 Å². The Labute approximate surface area is 174 Å². The van der Waals surface area contributed by atoms with Gasteiger partial charge in [0.2, 0.25) is 0 Å². The van der Waals surface area contributed by atoms with Gasteiger partial charge < -0.3 is 15.1 Å². The van der Waals surface area contributed by atoms with Crippen LogP contribution in [0.3, 0.4) is 0 Å². The van der Waals surface area contributed by atoms with Gasteiger partial charge in [0.1, 0.15) is 0 Å². The molecule has 29 heavy (non-hydrogen) atoms. The number of carbonyl (C=O) groups is 1. The maximum Gasteiger partial charge on any atom is 0.272 e. The van der Waals surface area contributed by atoms with Crippen LogP contribution in [0.5, 0.6) is 0 Å². The minimum Gasteiger partial charge on any atom is -0.374 e. The number of anilines is 1. The molecule has 1 aliphatic carbocycles. The smallest absolute Gasteiger partial charge is 0.272 e.